The fourth-order valence-electron chi connectivity index (χ4n) is 3.20. The van der Waals surface area contributed by atoms with E-state index in [0.717, 1.165) is 6.07 Å². The maximum Gasteiger partial charge on any atom is 0.397 e. The van der Waals surface area contributed by atoms with E-state index in [9.17, 15) is 28.5 Å². The SMILES string of the molecule is CC1(COS(=O)(=O)O)C=Cc2c(cc(O)c3c(=O)c(O)c(-c4ccc(O)cc4)oc23)O1. The van der Waals surface area contributed by atoms with Crippen LogP contribution in [0.4, 0.5) is 0 Å². The Bertz CT molecular complexity index is 1390. The Hall–Kier alpha value is -3.54. The highest BCUT2D eigenvalue weighted by atomic mass is 32.3. The van der Waals surface area contributed by atoms with Crippen LogP contribution in [0.1, 0.15) is 12.5 Å². The molecule has 10 nitrogen and oxygen atoms in total. The molecule has 1 aliphatic heterocycles. The molecule has 2 aromatic carbocycles. The summed E-state index contributed by atoms with van der Waals surface area (Å²) in [4.78, 5) is 12.7. The highest BCUT2D eigenvalue weighted by Crippen LogP contribution is 2.42. The van der Waals surface area contributed by atoms with Crippen LogP contribution in [0.5, 0.6) is 23.0 Å². The molecule has 2 heterocycles. The first kappa shape index (κ1) is 20.7. The van der Waals surface area contributed by atoms with Crippen LogP contribution in [-0.2, 0) is 14.6 Å². The summed E-state index contributed by atoms with van der Waals surface area (Å²) in [5, 5.41) is 29.9. The van der Waals surface area contributed by atoms with Gasteiger partial charge in [-0.1, -0.05) is 0 Å². The first-order valence-electron chi connectivity index (χ1n) is 8.83. The maximum atomic E-state index is 12.7. The molecule has 0 fully saturated rings. The highest BCUT2D eigenvalue weighted by Gasteiger charge is 2.33. The number of rotatable bonds is 4. The van der Waals surface area contributed by atoms with Gasteiger partial charge in [-0.15, -0.1) is 0 Å². The van der Waals surface area contributed by atoms with Gasteiger partial charge in [0.15, 0.2) is 11.3 Å². The van der Waals surface area contributed by atoms with Crippen molar-refractivity contribution in [3.05, 3.63) is 52.2 Å². The van der Waals surface area contributed by atoms with Gasteiger partial charge in [-0.25, -0.2) is 4.18 Å². The van der Waals surface area contributed by atoms with E-state index in [-0.39, 0.29) is 33.8 Å². The number of benzene rings is 2. The van der Waals surface area contributed by atoms with E-state index < -0.39 is 39.5 Å². The van der Waals surface area contributed by atoms with Crippen LogP contribution in [0.25, 0.3) is 28.4 Å². The van der Waals surface area contributed by atoms with Crippen LogP contribution in [0, 0.1) is 0 Å². The van der Waals surface area contributed by atoms with E-state index in [1.807, 2.05) is 0 Å². The molecule has 0 saturated heterocycles. The Labute approximate surface area is 175 Å². The molecule has 162 valence electrons. The monoisotopic (exact) mass is 448 g/mol. The number of fused-ring (bicyclic) bond motifs is 3. The minimum absolute atomic E-state index is 0.0240. The second-order valence-corrected chi connectivity index (χ2v) is 8.20. The summed E-state index contributed by atoms with van der Waals surface area (Å²) in [5.41, 5.74) is -1.70. The summed E-state index contributed by atoms with van der Waals surface area (Å²) >= 11 is 0. The van der Waals surface area contributed by atoms with Gasteiger partial charge in [0.25, 0.3) is 0 Å². The number of hydrogen-bond acceptors (Lipinski definition) is 9. The molecule has 0 saturated carbocycles. The fraction of sp³-hybridized carbons (Fsp3) is 0.150. The molecule has 0 aliphatic carbocycles. The quantitative estimate of drug-likeness (QED) is 0.436. The Balaban J connectivity index is 1.89. The van der Waals surface area contributed by atoms with E-state index in [4.69, 9.17) is 13.7 Å². The van der Waals surface area contributed by atoms with E-state index in [1.165, 1.54) is 43.3 Å². The number of phenols is 2. The number of aromatic hydroxyl groups is 3. The third-order valence-electron chi connectivity index (χ3n) is 4.69. The van der Waals surface area contributed by atoms with Gasteiger partial charge in [0.1, 0.15) is 34.8 Å². The summed E-state index contributed by atoms with van der Waals surface area (Å²) in [7, 11) is -4.70. The van der Waals surface area contributed by atoms with Crippen LogP contribution < -0.4 is 10.2 Å². The van der Waals surface area contributed by atoms with Gasteiger partial charge in [-0.05, 0) is 43.3 Å². The molecule has 0 spiro atoms. The number of hydrogen-bond donors (Lipinski definition) is 4. The molecule has 4 rings (SSSR count). The van der Waals surface area contributed by atoms with Crippen LogP contribution in [0.2, 0.25) is 0 Å². The standard InChI is InChI=1S/C20H16O10S/c1-20(9-28-31(25,26)27)7-6-12-14(30-20)8-13(22)15-16(23)17(24)18(29-19(12)15)10-2-4-11(21)5-3-10/h2-8,21-22,24H,9H2,1H3,(H,25,26,27). The topological polar surface area (TPSA) is 164 Å². The summed E-state index contributed by atoms with van der Waals surface area (Å²) in [6, 6.07) is 6.69. The van der Waals surface area contributed by atoms with Crippen LogP contribution in [-0.4, -0.2) is 40.5 Å². The molecule has 1 atom stereocenters. The predicted molar refractivity (Wildman–Crippen MR) is 108 cm³/mol. The van der Waals surface area contributed by atoms with E-state index in [0.29, 0.717) is 5.56 Å². The number of phenolic OH excluding ortho intramolecular Hbond substituents is 2. The average Bonchev–Trinajstić information content (AvgIpc) is 2.69. The minimum Gasteiger partial charge on any atom is -0.508 e. The largest absolute Gasteiger partial charge is 0.508 e. The van der Waals surface area contributed by atoms with E-state index in [2.05, 4.69) is 4.18 Å². The summed E-state index contributed by atoms with van der Waals surface area (Å²) in [6.45, 7) is 0.923. The molecule has 31 heavy (non-hydrogen) atoms. The van der Waals surface area contributed by atoms with Crippen LogP contribution in [0.15, 0.2) is 45.6 Å². The van der Waals surface area contributed by atoms with Crippen molar-refractivity contribution >= 4 is 27.4 Å². The van der Waals surface area contributed by atoms with E-state index in [1.54, 1.807) is 0 Å². The van der Waals surface area contributed by atoms with Crippen LogP contribution in [0.3, 0.4) is 0 Å². The molecule has 1 aromatic heterocycles. The van der Waals surface area contributed by atoms with Gasteiger partial charge < -0.3 is 24.5 Å². The van der Waals surface area contributed by atoms with E-state index >= 15 is 0 Å². The Morgan fingerprint density at radius 2 is 1.81 bits per heavy atom. The zero-order valence-corrected chi connectivity index (χ0v) is 16.7. The molecule has 0 bridgehead atoms. The first-order chi connectivity index (χ1) is 14.5. The lowest BCUT2D eigenvalue weighted by molar-refractivity contribution is 0.0721. The van der Waals surface area contributed by atoms with Gasteiger partial charge in [-0.2, -0.15) is 8.42 Å². The van der Waals surface area contributed by atoms with Crippen molar-refractivity contribution in [2.24, 2.45) is 0 Å². The summed E-state index contributed by atoms with van der Waals surface area (Å²) in [6.07, 6.45) is 2.92. The van der Waals surface area contributed by atoms with Gasteiger partial charge in [0, 0.05) is 11.6 Å². The van der Waals surface area contributed by atoms with Gasteiger partial charge >= 0.3 is 10.4 Å². The Morgan fingerprint density at radius 1 is 1.13 bits per heavy atom. The smallest absolute Gasteiger partial charge is 0.397 e. The fourth-order valence-corrected chi connectivity index (χ4v) is 3.58. The molecule has 1 aliphatic rings. The minimum atomic E-state index is -4.70. The third-order valence-corrected chi connectivity index (χ3v) is 5.11. The lowest BCUT2D eigenvalue weighted by atomic mass is 9.98. The van der Waals surface area contributed by atoms with Crippen molar-refractivity contribution in [3.8, 4) is 34.3 Å². The van der Waals surface area contributed by atoms with Gasteiger partial charge in [-0.3, -0.25) is 9.35 Å². The molecule has 1 unspecified atom stereocenters. The second kappa shape index (κ2) is 7.01. The molecular formula is C20H16O10S. The second-order valence-electron chi connectivity index (χ2n) is 7.11. The lowest BCUT2D eigenvalue weighted by Crippen LogP contribution is -2.38. The first-order valence-corrected chi connectivity index (χ1v) is 10.2. The van der Waals surface area contributed by atoms with Crippen molar-refractivity contribution in [3.63, 3.8) is 0 Å². The molecule has 0 amide bonds. The van der Waals surface area contributed by atoms with Crippen LogP contribution >= 0.6 is 0 Å². The van der Waals surface area contributed by atoms with Crippen molar-refractivity contribution < 1.29 is 41.6 Å². The molecule has 3 aromatic rings. The zero-order valence-electron chi connectivity index (χ0n) is 15.9. The Kier molecular flexibility index (Phi) is 4.69. The number of ether oxygens (including phenoxy) is 1. The van der Waals surface area contributed by atoms with Crippen molar-refractivity contribution in [2.75, 3.05) is 6.61 Å². The summed E-state index contributed by atoms with van der Waals surface area (Å²) < 4.78 is 46.4. The molecular weight excluding hydrogens is 432 g/mol. The predicted octanol–water partition coefficient (Wildman–Crippen LogP) is 2.56. The molecule has 4 N–H and O–H groups in total. The van der Waals surface area contributed by atoms with Crippen molar-refractivity contribution in [1.82, 2.24) is 0 Å². The third kappa shape index (κ3) is 3.81. The van der Waals surface area contributed by atoms with Gasteiger partial charge in [0.05, 0.1) is 5.56 Å². The van der Waals surface area contributed by atoms with Crippen molar-refractivity contribution in [2.45, 2.75) is 12.5 Å². The normalized spacial score (nSPS) is 18.0. The van der Waals surface area contributed by atoms with Gasteiger partial charge in [0.2, 0.25) is 11.2 Å². The van der Waals surface area contributed by atoms with Crippen molar-refractivity contribution in [1.29, 1.82) is 0 Å². The lowest BCUT2D eigenvalue weighted by Gasteiger charge is -2.31. The maximum absolute atomic E-state index is 12.7. The zero-order chi connectivity index (χ0) is 22.6. The highest BCUT2D eigenvalue weighted by molar-refractivity contribution is 7.80. The molecule has 0 radical (unpaired) electrons. The average molecular weight is 448 g/mol. The Morgan fingerprint density at radius 3 is 2.45 bits per heavy atom. The molecule has 11 heteroatoms. The summed E-state index contributed by atoms with van der Waals surface area (Å²) in [5.74, 6) is -1.39.